The second-order valence-electron chi connectivity index (χ2n) is 4.30. The molecule has 0 unspecified atom stereocenters. The predicted molar refractivity (Wildman–Crippen MR) is 64.6 cm³/mol. The third-order valence-corrected chi connectivity index (χ3v) is 2.91. The summed E-state index contributed by atoms with van der Waals surface area (Å²) in [4.78, 5) is 10.2. The third kappa shape index (κ3) is 3.06. The summed E-state index contributed by atoms with van der Waals surface area (Å²) in [6, 6.07) is 0. The molecule has 0 radical (unpaired) electrons. The van der Waals surface area contributed by atoms with Crippen molar-refractivity contribution in [3.05, 3.63) is 57.2 Å². The lowest BCUT2D eigenvalue weighted by Crippen LogP contribution is -2.05. The molecule has 0 amide bonds. The molecule has 0 saturated carbocycles. The highest BCUT2D eigenvalue weighted by Crippen LogP contribution is 2.25. The van der Waals surface area contributed by atoms with Gasteiger partial charge in [-0.1, -0.05) is 11.6 Å². The van der Waals surface area contributed by atoms with Crippen LogP contribution in [-0.2, 0) is 4.74 Å². The fraction of sp³-hybridized carbons (Fsp3) is 0.385. The van der Waals surface area contributed by atoms with Gasteiger partial charge in [-0.3, -0.25) is 10.1 Å². The molecule has 0 bridgehead atoms. The molecule has 0 aliphatic heterocycles. The van der Waals surface area contributed by atoms with Gasteiger partial charge in [-0.2, -0.15) is 0 Å². The van der Waals surface area contributed by atoms with Crippen molar-refractivity contribution < 1.29 is 9.66 Å². The molecule has 2 rings (SSSR count). The number of nitro groups is 1. The third-order valence-electron chi connectivity index (χ3n) is 2.91. The van der Waals surface area contributed by atoms with Crippen molar-refractivity contribution in [1.29, 1.82) is 0 Å². The molecule has 17 heavy (non-hydrogen) atoms. The Morgan fingerprint density at radius 1 is 1.06 bits per heavy atom. The van der Waals surface area contributed by atoms with Gasteiger partial charge < -0.3 is 4.74 Å². The van der Waals surface area contributed by atoms with E-state index in [0.29, 0.717) is 12.8 Å². The summed E-state index contributed by atoms with van der Waals surface area (Å²) < 4.78 is 5.72. The van der Waals surface area contributed by atoms with E-state index in [1.807, 2.05) is 6.08 Å². The van der Waals surface area contributed by atoms with Crippen LogP contribution in [0.2, 0.25) is 0 Å². The van der Waals surface area contributed by atoms with Crippen molar-refractivity contribution in [3.63, 3.8) is 0 Å². The standard InChI is InChI=1S/C13H15NO3/c1-10-2-6-12(7-3-10)17-13-8-4-11(5-9-13)14(15)16/h2,4,6,8H,3,5,7,9H2,1H3. The summed E-state index contributed by atoms with van der Waals surface area (Å²) >= 11 is 0. The number of allylic oxidation sites excluding steroid dienone is 8. The number of rotatable bonds is 3. The monoisotopic (exact) mass is 233 g/mol. The Hall–Kier alpha value is -1.84. The van der Waals surface area contributed by atoms with E-state index < -0.39 is 0 Å². The van der Waals surface area contributed by atoms with Crippen LogP contribution in [0.4, 0.5) is 0 Å². The van der Waals surface area contributed by atoms with Gasteiger partial charge in [-0.25, -0.2) is 0 Å². The van der Waals surface area contributed by atoms with Crippen molar-refractivity contribution in [2.45, 2.75) is 32.6 Å². The number of ether oxygens (including phenoxy) is 1. The molecule has 4 heteroatoms. The lowest BCUT2D eigenvalue weighted by Gasteiger charge is -2.16. The lowest BCUT2D eigenvalue weighted by molar-refractivity contribution is -0.428. The Kier molecular flexibility index (Phi) is 3.42. The largest absolute Gasteiger partial charge is 0.466 e. The van der Waals surface area contributed by atoms with E-state index in [1.165, 1.54) is 11.6 Å². The van der Waals surface area contributed by atoms with E-state index in [0.717, 1.165) is 24.4 Å². The molecule has 2 aliphatic carbocycles. The molecule has 2 aliphatic rings. The van der Waals surface area contributed by atoms with E-state index >= 15 is 0 Å². The van der Waals surface area contributed by atoms with Crippen LogP contribution in [0.3, 0.4) is 0 Å². The Labute approximate surface area is 100 Å². The zero-order chi connectivity index (χ0) is 12.3. The molecule has 0 aromatic carbocycles. The van der Waals surface area contributed by atoms with Crippen molar-refractivity contribution in [2.75, 3.05) is 0 Å². The minimum atomic E-state index is -0.334. The highest BCUT2D eigenvalue weighted by atomic mass is 16.6. The molecule has 0 saturated heterocycles. The van der Waals surface area contributed by atoms with E-state index in [4.69, 9.17) is 4.74 Å². The summed E-state index contributed by atoms with van der Waals surface area (Å²) in [6.45, 7) is 2.10. The quantitative estimate of drug-likeness (QED) is 0.554. The average molecular weight is 233 g/mol. The second kappa shape index (κ2) is 4.99. The van der Waals surface area contributed by atoms with Gasteiger partial charge in [0.2, 0.25) is 5.70 Å². The van der Waals surface area contributed by atoms with E-state index in [9.17, 15) is 10.1 Å². The Bertz CT molecular complexity index is 455. The first-order valence-corrected chi connectivity index (χ1v) is 5.73. The van der Waals surface area contributed by atoms with Crippen molar-refractivity contribution in [1.82, 2.24) is 0 Å². The van der Waals surface area contributed by atoms with Gasteiger partial charge in [-0.05, 0) is 25.5 Å². The minimum absolute atomic E-state index is 0.255. The molecule has 0 spiro atoms. The highest BCUT2D eigenvalue weighted by Gasteiger charge is 2.17. The molecule has 4 nitrogen and oxygen atoms in total. The minimum Gasteiger partial charge on any atom is -0.466 e. The topological polar surface area (TPSA) is 52.4 Å². The average Bonchev–Trinajstić information content (AvgIpc) is 2.33. The van der Waals surface area contributed by atoms with Crippen molar-refractivity contribution in [2.24, 2.45) is 0 Å². The van der Waals surface area contributed by atoms with Crippen LogP contribution < -0.4 is 0 Å². The van der Waals surface area contributed by atoms with Gasteiger partial charge in [0, 0.05) is 25.3 Å². The molecule has 0 heterocycles. The van der Waals surface area contributed by atoms with Gasteiger partial charge in [0.1, 0.15) is 11.5 Å². The maximum Gasteiger partial charge on any atom is 0.246 e. The summed E-state index contributed by atoms with van der Waals surface area (Å²) in [7, 11) is 0. The summed E-state index contributed by atoms with van der Waals surface area (Å²) in [5.41, 5.74) is 1.61. The highest BCUT2D eigenvalue weighted by molar-refractivity contribution is 5.23. The summed E-state index contributed by atoms with van der Waals surface area (Å²) in [5, 5.41) is 10.5. The molecule has 0 aromatic rings. The van der Waals surface area contributed by atoms with Gasteiger partial charge >= 0.3 is 0 Å². The van der Waals surface area contributed by atoms with E-state index in [1.54, 1.807) is 6.08 Å². The van der Waals surface area contributed by atoms with Gasteiger partial charge in [0.25, 0.3) is 0 Å². The first-order chi connectivity index (χ1) is 8.15. The maximum absolute atomic E-state index is 10.5. The van der Waals surface area contributed by atoms with Crippen molar-refractivity contribution >= 4 is 0 Å². The Balaban J connectivity index is 2.00. The van der Waals surface area contributed by atoms with Crippen LogP contribution in [0.5, 0.6) is 0 Å². The zero-order valence-corrected chi connectivity index (χ0v) is 9.81. The van der Waals surface area contributed by atoms with Crippen LogP contribution in [0.15, 0.2) is 47.1 Å². The van der Waals surface area contributed by atoms with Crippen LogP contribution in [-0.4, -0.2) is 4.92 Å². The zero-order valence-electron chi connectivity index (χ0n) is 9.81. The number of hydrogen-bond acceptors (Lipinski definition) is 3. The lowest BCUT2D eigenvalue weighted by atomic mass is 10.1. The smallest absolute Gasteiger partial charge is 0.246 e. The normalized spacial score (nSPS) is 19.8. The molecule has 0 fully saturated rings. The van der Waals surface area contributed by atoms with Crippen LogP contribution in [0.1, 0.15) is 32.6 Å². The van der Waals surface area contributed by atoms with Crippen LogP contribution in [0.25, 0.3) is 0 Å². The van der Waals surface area contributed by atoms with Crippen LogP contribution in [0, 0.1) is 10.1 Å². The second-order valence-corrected chi connectivity index (χ2v) is 4.30. The van der Waals surface area contributed by atoms with Gasteiger partial charge in [-0.15, -0.1) is 0 Å². The van der Waals surface area contributed by atoms with E-state index in [-0.39, 0.29) is 10.6 Å². The Morgan fingerprint density at radius 2 is 1.71 bits per heavy atom. The van der Waals surface area contributed by atoms with Gasteiger partial charge in [0.15, 0.2) is 0 Å². The predicted octanol–water partition coefficient (Wildman–Crippen LogP) is 3.47. The van der Waals surface area contributed by atoms with Crippen molar-refractivity contribution in [3.8, 4) is 0 Å². The fourth-order valence-electron chi connectivity index (χ4n) is 1.82. The maximum atomic E-state index is 10.5. The molecular formula is C13H15NO3. The van der Waals surface area contributed by atoms with Gasteiger partial charge in [0.05, 0.1) is 4.92 Å². The first-order valence-electron chi connectivity index (χ1n) is 5.73. The Morgan fingerprint density at radius 3 is 2.18 bits per heavy atom. The molecular weight excluding hydrogens is 218 g/mol. The number of nitrogens with zero attached hydrogens (tertiary/aromatic N) is 1. The van der Waals surface area contributed by atoms with Crippen LogP contribution >= 0.6 is 0 Å². The molecule has 0 N–H and O–H groups in total. The summed E-state index contributed by atoms with van der Waals surface area (Å²) in [6.07, 6.45) is 10.2. The SMILES string of the molecule is CC1=CC=C(OC2=CC=C([N+](=O)[O-])CC2)CC1. The molecule has 0 atom stereocenters. The summed E-state index contributed by atoms with van der Waals surface area (Å²) in [5.74, 6) is 1.76. The molecule has 90 valence electrons. The molecule has 0 aromatic heterocycles. The number of hydrogen-bond donors (Lipinski definition) is 0. The van der Waals surface area contributed by atoms with E-state index in [2.05, 4.69) is 13.0 Å². The fourth-order valence-corrected chi connectivity index (χ4v) is 1.82. The first kappa shape index (κ1) is 11.6.